The van der Waals surface area contributed by atoms with Crippen LogP contribution in [0.15, 0.2) is 91.3 Å². The van der Waals surface area contributed by atoms with Crippen LogP contribution in [0.3, 0.4) is 0 Å². The number of pyridine rings is 2. The zero-order valence-electron chi connectivity index (χ0n) is 27.7. The molecule has 0 aliphatic heterocycles. The van der Waals surface area contributed by atoms with Gasteiger partial charge in [-0.25, -0.2) is 4.98 Å². The molecule has 0 unspecified atom stereocenters. The molecule has 3 amide bonds. The first-order valence-electron chi connectivity index (χ1n) is 15.2. The highest BCUT2D eigenvalue weighted by molar-refractivity contribution is 6.38. The van der Waals surface area contributed by atoms with Gasteiger partial charge in [0.2, 0.25) is 11.8 Å². The Labute approximate surface area is 306 Å². The highest BCUT2D eigenvalue weighted by Gasteiger charge is 2.20. The van der Waals surface area contributed by atoms with Gasteiger partial charge in [0, 0.05) is 78.2 Å². The average molecular weight is 734 g/mol. The fourth-order valence-corrected chi connectivity index (χ4v) is 5.58. The fourth-order valence-electron chi connectivity index (χ4n) is 4.97. The Kier molecular flexibility index (Phi) is 12.8. The number of halogens is 3. The predicted octanol–water partition coefficient (Wildman–Crippen LogP) is 7.36. The molecule has 50 heavy (non-hydrogen) atoms. The zero-order chi connectivity index (χ0) is 35.1. The molecule has 0 aliphatic carbocycles. The largest absolute Gasteiger partial charge is 0.487 e. The van der Waals surface area contributed by atoms with E-state index >= 15 is 0 Å². The molecule has 0 fully saturated rings. The van der Waals surface area contributed by atoms with Crippen molar-refractivity contribution in [3.8, 4) is 5.75 Å². The number of amides is 3. The first-order valence-corrected chi connectivity index (χ1v) is 16.0. The van der Waals surface area contributed by atoms with Gasteiger partial charge in [-0.15, -0.1) is 12.4 Å². The van der Waals surface area contributed by atoms with Crippen LogP contribution in [0.4, 0.5) is 17.1 Å². The van der Waals surface area contributed by atoms with Crippen molar-refractivity contribution in [3.63, 3.8) is 0 Å². The molecule has 258 valence electrons. The second kappa shape index (κ2) is 17.0. The van der Waals surface area contributed by atoms with Crippen molar-refractivity contribution < 1.29 is 19.1 Å². The minimum Gasteiger partial charge on any atom is -0.487 e. The second-order valence-electron chi connectivity index (χ2n) is 11.3. The summed E-state index contributed by atoms with van der Waals surface area (Å²) in [5, 5.41) is 7.00. The lowest BCUT2D eigenvalue weighted by Crippen LogP contribution is -2.37. The lowest BCUT2D eigenvalue weighted by Gasteiger charge is -2.21. The summed E-state index contributed by atoms with van der Waals surface area (Å²) < 4.78 is 6.20. The van der Waals surface area contributed by atoms with Crippen molar-refractivity contribution in [3.05, 3.63) is 124 Å². The highest BCUT2D eigenvalue weighted by atomic mass is 35.5. The molecule has 0 saturated heterocycles. The summed E-state index contributed by atoms with van der Waals surface area (Å²) in [6, 6.07) is 21.3. The molecule has 5 rings (SSSR count). The molecule has 0 saturated carbocycles. The molecular formula is C37H35Cl3N6O4. The van der Waals surface area contributed by atoms with Gasteiger partial charge in [0.05, 0.1) is 17.3 Å². The second-order valence-corrected chi connectivity index (χ2v) is 12.1. The maximum Gasteiger partial charge on any atom is 0.255 e. The lowest BCUT2D eigenvalue weighted by molar-refractivity contribution is -0.122. The van der Waals surface area contributed by atoms with Gasteiger partial charge in [0.25, 0.3) is 5.91 Å². The van der Waals surface area contributed by atoms with E-state index in [1.54, 1.807) is 74.0 Å². The van der Waals surface area contributed by atoms with Crippen LogP contribution >= 0.6 is 35.6 Å². The summed E-state index contributed by atoms with van der Waals surface area (Å²) in [7, 11) is 5.52. The van der Waals surface area contributed by atoms with Gasteiger partial charge in [0.1, 0.15) is 17.9 Å². The lowest BCUT2D eigenvalue weighted by atomic mass is 10.1. The average Bonchev–Trinajstić information content (AvgIpc) is 3.10. The third kappa shape index (κ3) is 9.09. The smallest absolute Gasteiger partial charge is 0.255 e. The first-order chi connectivity index (χ1) is 23.5. The van der Waals surface area contributed by atoms with E-state index in [1.165, 1.54) is 11.0 Å². The number of nitrogens with one attached hydrogen (secondary N) is 2. The Bertz CT molecular complexity index is 2040. The molecule has 3 aromatic carbocycles. The number of ether oxygens (including phenoxy) is 1. The van der Waals surface area contributed by atoms with E-state index < -0.39 is 11.8 Å². The van der Waals surface area contributed by atoms with Gasteiger partial charge >= 0.3 is 0 Å². The molecule has 2 N–H and O–H groups in total. The number of anilines is 3. The van der Waals surface area contributed by atoms with E-state index in [0.29, 0.717) is 38.8 Å². The van der Waals surface area contributed by atoms with Gasteiger partial charge in [-0.05, 0) is 67.1 Å². The van der Waals surface area contributed by atoms with Gasteiger partial charge in [-0.3, -0.25) is 19.4 Å². The van der Waals surface area contributed by atoms with E-state index in [4.69, 9.17) is 32.9 Å². The van der Waals surface area contributed by atoms with Crippen LogP contribution in [0.2, 0.25) is 10.0 Å². The topological polar surface area (TPSA) is 117 Å². The maximum atomic E-state index is 13.1. The van der Waals surface area contributed by atoms with Crippen molar-refractivity contribution >= 4 is 87.4 Å². The molecule has 2 heterocycles. The molecule has 10 nitrogen and oxygen atoms in total. The molecule has 0 aliphatic rings. The van der Waals surface area contributed by atoms with E-state index in [1.807, 2.05) is 50.2 Å². The number of benzene rings is 3. The third-order valence-electron chi connectivity index (χ3n) is 7.62. The number of hydrogen-bond acceptors (Lipinski definition) is 7. The minimum absolute atomic E-state index is 0. The van der Waals surface area contributed by atoms with Crippen LogP contribution in [0.25, 0.3) is 17.0 Å². The summed E-state index contributed by atoms with van der Waals surface area (Å²) in [5.74, 6) is -0.524. The minimum atomic E-state index is -0.454. The molecule has 2 aromatic heterocycles. The number of fused-ring (bicyclic) bond motifs is 1. The molecular weight excluding hydrogens is 699 g/mol. The SMILES string of the molecule is Cc1cc(N(C)C)c2cccc(OCc3c(Cl)ccc(N(C)C(=O)CNC(=O)/C=C/c4ccc(NC(=O)c5ccncc5)cc4)c3Cl)c2n1.Cl. The van der Waals surface area contributed by atoms with Crippen LogP contribution in [0, 0.1) is 6.92 Å². The van der Waals surface area contributed by atoms with Gasteiger partial charge in [-0.2, -0.15) is 0 Å². The van der Waals surface area contributed by atoms with Crippen LogP contribution < -0.4 is 25.2 Å². The molecule has 5 aromatic rings. The number of aryl methyl sites for hydroxylation is 1. The predicted molar refractivity (Wildman–Crippen MR) is 203 cm³/mol. The molecule has 0 spiro atoms. The number of nitrogens with zero attached hydrogens (tertiary/aromatic N) is 4. The Morgan fingerprint density at radius 1 is 0.920 bits per heavy atom. The fraction of sp³-hybridized carbons (Fsp3) is 0.162. The van der Waals surface area contributed by atoms with Crippen LogP contribution in [-0.4, -0.2) is 55.4 Å². The number of carbonyl (C=O) groups is 3. The summed E-state index contributed by atoms with van der Waals surface area (Å²) in [6.07, 6.45) is 6.03. The van der Waals surface area contributed by atoms with Crippen molar-refractivity contribution in [2.24, 2.45) is 0 Å². The Morgan fingerprint density at radius 3 is 2.34 bits per heavy atom. The number of rotatable bonds is 11. The first kappa shape index (κ1) is 37.7. The summed E-state index contributed by atoms with van der Waals surface area (Å²) in [4.78, 5) is 49.9. The van der Waals surface area contributed by atoms with E-state index in [-0.39, 0.29) is 36.5 Å². The summed E-state index contributed by atoms with van der Waals surface area (Å²) in [5.41, 5.74) is 5.34. The number of hydrogen-bond donors (Lipinski definition) is 2. The Morgan fingerprint density at radius 2 is 1.64 bits per heavy atom. The number of likely N-dealkylation sites (N-methyl/N-ethyl adjacent to an activating group) is 1. The zero-order valence-corrected chi connectivity index (χ0v) is 30.1. The summed E-state index contributed by atoms with van der Waals surface area (Å²) >= 11 is 13.3. The number of carbonyl (C=O) groups excluding carboxylic acids is 3. The summed E-state index contributed by atoms with van der Waals surface area (Å²) in [6.45, 7) is 1.71. The van der Waals surface area contributed by atoms with E-state index in [0.717, 1.165) is 22.3 Å². The van der Waals surface area contributed by atoms with Crippen molar-refractivity contribution in [2.75, 3.05) is 42.8 Å². The molecule has 0 atom stereocenters. The standard InChI is InChI=1S/C37H34Cl2N6O4.ClH/c1-23-20-31(44(2)3)27-6-5-7-32(36(27)42-23)49-22-28-29(38)13-14-30(35(28)39)45(4)34(47)21-41-33(46)15-10-24-8-11-26(12-9-24)43-37(48)25-16-18-40-19-17-25;/h5-20H,21-22H2,1-4H3,(H,41,46)(H,43,48);1H/b15-10+;. The maximum absolute atomic E-state index is 13.1. The monoisotopic (exact) mass is 732 g/mol. The van der Waals surface area contributed by atoms with E-state index in [2.05, 4.69) is 15.6 Å². The Hall–Kier alpha value is -5.16. The third-order valence-corrected chi connectivity index (χ3v) is 8.39. The molecule has 13 heteroatoms. The van der Waals surface area contributed by atoms with Crippen LogP contribution in [0.1, 0.15) is 27.2 Å². The Balaban J connectivity index is 0.00000562. The molecule has 0 radical (unpaired) electrons. The van der Waals surface area contributed by atoms with Gasteiger partial charge in [-0.1, -0.05) is 47.5 Å². The van der Waals surface area contributed by atoms with Crippen LogP contribution in [0.5, 0.6) is 5.75 Å². The van der Waals surface area contributed by atoms with Crippen molar-refractivity contribution in [1.82, 2.24) is 15.3 Å². The van der Waals surface area contributed by atoms with Crippen molar-refractivity contribution in [1.29, 1.82) is 0 Å². The quantitative estimate of drug-likeness (QED) is 0.136. The van der Waals surface area contributed by atoms with Gasteiger partial charge < -0.3 is 25.2 Å². The van der Waals surface area contributed by atoms with Gasteiger partial charge in [0.15, 0.2) is 0 Å². The molecule has 0 bridgehead atoms. The number of aromatic nitrogens is 2. The number of para-hydroxylation sites is 1. The normalized spacial score (nSPS) is 10.8. The van der Waals surface area contributed by atoms with E-state index in [9.17, 15) is 14.4 Å². The highest BCUT2D eigenvalue weighted by Crippen LogP contribution is 2.36. The van der Waals surface area contributed by atoms with Crippen LogP contribution in [-0.2, 0) is 16.2 Å². The van der Waals surface area contributed by atoms with Crippen molar-refractivity contribution in [2.45, 2.75) is 13.5 Å².